The van der Waals surface area contributed by atoms with Crippen LogP contribution in [0, 0.1) is 13.8 Å². The van der Waals surface area contributed by atoms with E-state index in [1.807, 2.05) is 44.2 Å². The SMILES string of the molecule is Cc1cnc(C)c(NC[C@H](CO)c2ccccc2)n1. The highest BCUT2D eigenvalue weighted by Gasteiger charge is 2.11. The number of aryl methyl sites for hydroxylation is 2. The molecule has 100 valence electrons. The van der Waals surface area contributed by atoms with Crippen LogP contribution >= 0.6 is 0 Å². The van der Waals surface area contributed by atoms with Gasteiger partial charge in [0.1, 0.15) is 5.82 Å². The molecule has 1 aromatic carbocycles. The van der Waals surface area contributed by atoms with Gasteiger partial charge in [-0.2, -0.15) is 0 Å². The van der Waals surface area contributed by atoms with Crippen LogP contribution in [0.4, 0.5) is 5.82 Å². The summed E-state index contributed by atoms with van der Waals surface area (Å²) in [4.78, 5) is 8.69. The summed E-state index contributed by atoms with van der Waals surface area (Å²) in [5.74, 6) is 0.845. The van der Waals surface area contributed by atoms with Gasteiger partial charge in [-0.25, -0.2) is 4.98 Å². The van der Waals surface area contributed by atoms with E-state index < -0.39 is 0 Å². The molecule has 2 rings (SSSR count). The van der Waals surface area contributed by atoms with Crippen LogP contribution in [0.3, 0.4) is 0 Å². The van der Waals surface area contributed by atoms with Crippen molar-refractivity contribution in [2.24, 2.45) is 0 Å². The third kappa shape index (κ3) is 3.51. The number of rotatable bonds is 5. The maximum atomic E-state index is 9.51. The zero-order chi connectivity index (χ0) is 13.7. The zero-order valence-corrected chi connectivity index (χ0v) is 11.3. The van der Waals surface area contributed by atoms with E-state index in [0.29, 0.717) is 6.54 Å². The Morgan fingerprint density at radius 2 is 1.95 bits per heavy atom. The molecule has 0 amide bonds. The van der Waals surface area contributed by atoms with E-state index in [-0.39, 0.29) is 12.5 Å². The Morgan fingerprint density at radius 3 is 2.63 bits per heavy atom. The molecule has 19 heavy (non-hydrogen) atoms. The molecule has 0 fully saturated rings. The Hall–Kier alpha value is -1.94. The molecule has 4 heteroatoms. The molecule has 0 aliphatic heterocycles. The number of aliphatic hydroxyl groups is 1. The zero-order valence-electron chi connectivity index (χ0n) is 11.3. The van der Waals surface area contributed by atoms with Crippen LogP contribution in [-0.4, -0.2) is 28.2 Å². The summed E-state index contributed by atoms with van der Waals surface area (Å²) in [7, 11) is 0. The number of nitrogens with one attached hydrogen (secondary N) is 1. The molecule has 0 unspecified atom stereocenters. The van der Waals surface area contributed by atoms with E-state index in [9.17, 15) is 5.11 Å². The van der Waals surface area contributed by atoms with Crippen molar-refractivity contribution >= 4 is 5.82 Å². The summed E-state index contributed by atoms with van der Waals surface area (Å²) >= 11 is 0. The summed E-state index contributed by atoms with van der Waals surface area (Å²) in [5.41, 5.74) is 2.87. The number of hydrogen-bond donors (Lipinski definition) is 2. The lowest BCUT2D eigenvalue weighted by atomic mass is 10.0. The predicted octanol–water partition coefficient (Wildman–Crippen LogP) is 2.28. The van der Waals surface area contributed by atoms with Crippen molar-refractivity contribution in [3.63, 3.8) is 0 Å². The normalized spacial score (nSPS) is 12.2. The van der Waals surface area contributed by atoms with Gasteiger partial charge < -0.3 is 10.4 Å². The topological polar surface area (TPSA) is 58.0 Å². The smallest absolute Gasteiger partial charge is 0.147 e. The highest BCUT2D eigenvalue weighted by atomic mass is 16.3. The van der Waals surface area contributed by atoms with Crippen molar-refractivity contribution in [3.8, 4) is 0 Å². The van der Waals surface area contributed by atoms with Gasteiger partial charge in [-0.3, -0.25) is 4.98 Å². The lowest BCUT2D eigenvalue weighted by molar-refractivity contribution is 0.270. The van der Waals surface area contributed by atoms with Gasteiger partial charge in [-0.1, -0.05) is 30.3 Å². The molecule has 4 nitrogen and oxygen atoms in total. The van der Waals surface area contributed by atoms with Crippen molar-refractivity contribution in [1.29, 1.82) is 0 Å². The van der Waals surface area contributed by atoms with Gasteiger partial charge in [-0.05, 0) is 19.4 Å². The van der Waals surface area contributed by atoms with E-state index in [4.69, 9.17) is 0 Å². The fourth-order valence-electron chi connectivity index (χ4n) is 1.94. The van der Waals surface area contributed by atoms with E-state index in [2.05, 4.69) is 15.3 Å². The minimum absolute atomic E-state index is 0.0583. The van der Waals surface area contributed by atoms with Gasteiger partial charge in [0, 0.05) is 18.7 Å². The minimum Gasteiger partial charge on any atom is -0.396 e. The molecule has 2 aromatic rings. The minimum atomic E-state index is 0.0583. The molecule has 0 bridgehead atoms. The standard InChI is InChI=1S/C15H19N3O/c1-11-8-16-12(2)15(18-11)17-9-14(10-19)13-6-4-3-5-7-13/h3-8,14,19H,9-10H2,1-2H3,(H,17,18)/t14-/m1/s1. The van der Waals surface area contributed by atoms with Crippen molar-refractivity contribution in [2.75, 3.05) is 18.5 Å². The summed E-state index contributed by atoms with van der Waals surface area (Å²) in [6.07, 6.45) is 1.75. The van der Waals surface area contributed by atoms with Gasteiger partial charge >= 0.3 is 0 Å². The molecule has 0 spiro atoms. The number of anilines is 1. The second kappa shape index (κ2) is 6.29. The average molecular weight is 257 g/mol. The first-order chi connectivity index (χ1) is 9.20. The first kappa shape index (κ1) is 13.5. The van der Waals surface area contributed by atoms with Gasteiger partial charge in [0.25, 0.3) is 0 Å². The lowest BCUT2D eigenvalue weighted by Crippen LogP contribution is -2.17. The molecule has 1 aromatic heterocycles. The van der Waals surface area contributed by atoms with E-state index in [1.165, 1.54) is 0 Å². The van der Waals surface area contributed by atoms with E-state index >= 15 is 0 Å². The number of hydrogen-bond acceptors (Lipinski definition) is 4. The van der Waals surface area contributed by atoms with Crippen LogP contribution in [-0.2, 0) is 0 Å². The molecule has 1 atom stereocenters. The Balaban J connectivity index is 2.06. The summed E-state index contributed by atoms with van der Waals surface area (Å²) in [5, 5.41) is 12.8. The Bertz CT molecular complexity index is 528. The Kier molecular flexibility index (Phi) is 4.47. The van der Waals surface area contributed by atoms with Crippen LogP contribution < -0.4 is 5.32 Å². The molecule has 0 aliphatic carbocycles. The van der Waals surface area contributed by atoms with Gasteiger partial charge in [-0.15, -0.1) is 0 Å². The molecule has 0 aliphatic rings. The van der Waals surface area contributed by atoms with Gasteiger partial charge in [0.2, 0.25) is 0 Å². The number of aromatic nitrogens is 2. The van der Waals surface area contributed by atoms with Gasteiger partial charge in [0.15, 0.2) is 0 Å². The van der Waals surface area contributed by atoms with Crippen LogP contribution in [0.2, 0.25) is 0 Å². The quantitative estimate of drug-likeness (QED) is 0.862. The highest BCUT2D eigenvalue weighted by Crippen LogP contribution is 2.16. The van der Waals surface area contributed by atoms with Crippen LogP contribution in [0.25, 0.3) is 0 Å². The van der Waals surface area contributed by atoms with Crippen LogP contribution in [0.15, 0.2) is 36.5 Å². The molecule has 2 N–H and O–H groups in total. The fourth-order valence-corrected chi connectivity index (χ4v) is 1.94. The largest absolute Gasteiger partial charge is 0.396 e. The van der Waals surface area contributed by atoms with E-state index in [1.54, 1.807) is 6.20 Å². The monoisotopic (exact) mass is 257 g/mol. The average Bonchev–Trinajstić information content (AvgIpc) is 2.44. The van der Waals surface area contributed by atoms with Crippen molar-refractivity contribution in [1.82, 2.24) is 9.97 Å². The molecule has 0 radical (unpaired) electrons. The van der Waals surface area contributed by atoms with E-state index in [0.717, 1.165) is 22.8 Å². The predicted molar refractivity (Wildman–Crippen MR) is 76.3 cm³/mol. The second-order valence-electron chi connectivity index (χ2n) is 4.62. The number of benzene rings is 1. The van der Waals surface area contributed by atoms with Crippen molar-refractivity contribution < 1.29 is 5.11 Å². The number of nitrogens with zero attached hydrogens (tertiary/aromatic N) is 2. The van der Waals surface area contributed by atoms with Crippen LogP contribution in [0.1, 0.15) is 22.9 Å². The first-order valence-electron chi connectivity index (χ1n) is 6.40. The Labute approximate surface area is 113 Å². The second-order valence-corrected chi connectivity index (χ2v) is 4.62. The molecule has 0 saturated heterocycles. The third-order valence-electron chi connectivity index (χ3n) is 3.08. The summed E-state index contributed by atoms with van der Waals surface area (Å²) in [6, 6.07) is 9.99. The van der Waals surface area contributed by atoms with Crippen molar-refractivity contribution in [3.05, 3.63) is 53.5 Å². The Morgan fingerprint density at radius 1 is 1.21 bits per heavy atom. The maximum Gasteiger partial charge on any atom is 0.147 e. The lowest BCUT2D eigenvalue weighted by Gasteiger charge is -2.16. The third-order valence-corrected chi connectivity index (χ3v) is 3.08. The highest BCUT2D eigenvalue weighted by molar-refractivity contribution is 5.40. The van der Waals surface area contributed by atoms with Crippen molar-refractivity contribution in [2.45, 2.75) is 19.8 Å². The molecule has 0 saturated carbocycles. The van der Waals surface area contributed by atoms with Crippen LogP contribution in [0.5, 0.6) is 0 Å². The van der Waals surface area contributed by atoms with Gasteiger partial charge in [0.05, 0.1) is 18.0 Å². The molecular weight excluding hydrogens is 238 g/mol. The summed E-state index contributed by atoms with van der Waals surface area (Å²) in [6.45, 7) is 4.58. The molecule has 1 heterocycles. The molecular formula is C15H19N3O. The first-order valence-corrected chi connectivity index (χ1v) is 6.40. The summed E-state index contributed by atoms with van der Waals surface area (Å²) < 4.78 is 0. The number of aliphatic hydroxyl groups excluding tert-OH is 1. The fraction of sp³-hybridized carbons (Fsp3) is 0.333. The maximum absolute atomic E-state index is 9.51.